The number of nitrogens with one attached hydrogen (secondary N) is 1. The van der Waals surface area contributed by atoms with Gasteiger partial charge < -0.3 is 16.8 Å². The Bertz CT molecular complexity index is 743. The van der Waals surface area contributed by atoms with Crippen molar-refractivity contribution in [3.8, 4) is 0 Å². The number of rotatable bonds is 4. The maximum atomic E-state index is 11.9. The number of hydrogen-bond donors (Lipinski definition) is 3. The summed E-state index contributed by atoms with van der Waals surface area (Å²) in [6, 6.07) is 5.88. The fraction of sp³-hybridized carbons (Fsp3) is 0.200. The van der Waals surface area contributed by atoms with Crippen LogP contribution in [0.5, 0.6) is 0 Å². The maximum absolute atomic E-state index is 11.9. The van der Waals surface area contributed by atoms with Crippen LogP contribution in [0.4, 0.5) is 5.69 Å². The largest absolute Gasteiger partial charge is 0.366 e. The highest BCUT2D eigenvalue weighted by Crippen LogP contribution is 2.41. The molecule has 2 amide bonds. The third-order valence-electron chi connectivity index (χ3n) is 3.74. The number of nitro benzene ring substituents is 1. The SMILES string of the molecule is CC1=C(C(N)=O)C(c2ccccc2[N+](=O)[O-])C(C(N)=O)=C(C)N1. The van der Waals surface area contributed by atoms with Gasteiger partial charge in [0.15, 0.2) is 0 Å². The molecule has 0 aromatic heterocycles. The normalized spacial score (nSPS) is 15.4. The number of carbonyl (C=O) groups is 2. The minimum atomic E-state index is -0.979. The van der Waals surface area contributed by atoms with Gasteiger partial charge in [0.2, 0.25) is 11.8 Å². The van der Waals surface area contributed by atoms with E-state index in [4.69, 9.17) is 11.5 Å². The van der Waals surface area contributed by atoms with Crippen molar-refractivity contribution < 1.29 is 14.5 Å². The Morgan fingerprint density at radius 1 is 1.09 bits per heavy atom. The molecule has 0 atom stereocenters. The van der Waals surface area contributed by atoms with Gasteiger partial charge in [0.25, 0.3) is 5.69 Å². The molecule has 120 valence electrons. The number of amides is 2. The monoisotopic (exact) mass is 316 g/mol. The van der Waals surface area contributed by atoms with Crippen LogP contribution in [-0.2, 0) is 9.59 Å². The van der Waals surface area contributed by atoms with Crippen molar-refractivity contribution in [2.24, 2.45) is 11.5 Å². The van der Waals surface area contributed by atoms with E-state index in [0.717, 1.165) is 0 Å². The molecule has 0 saturated carbocycles. The molecule has 1 heterocycles. The number of allylic oxidation sites excluding steroid dienone is 2. The van der Waals surface area contributed by atoms with E-state index in [-0.39, 0.29) is 22.4 Å². The molecule has 1 aliphatic heterocycles. The first-order valence-electron chi connectivity index (χ1n) is 6.77. The molecule has 1 aliphatic rings. The summed E-state index contributed by atoms with van der Waals surface area (Å²) in [5.41, 5.74) is 11.9. The molecular formula is C15H16N4O4. The second-order valence-corrected chi connectivity index (χ2v) is 5.18. The Hall–Kier alpha value is -3.16. The zero-order valence-corrected chi connectivity index (χ0v) is 12.6. The summed E-state index contributed by atoms with van der Waals surface area (Å²) in [6.07, 6.45) is 0. The molecule has 8 nitrogen and oxygen atoms in total. The number of nitrogens with zero attached hydrogens (tertiary/aromatic N) is 1. The lowest BCUT2D eigenvalue weighted by Crippen LogP contribution is -2.35. The molecule has 0 radical (unpaired) electrons. The second-order valence-electron chi connectivity index (χ2n) is 5.18. The number of nitrogens with two attached hydrogens (primary N) is 2. The van der Waals surface area contributed by atoms with Crippen LogP contribution in [0, 0.1) is 10.1 Å². The standard InChI is InChI=1S/C15H16N4O4/c1-7-11(14(16)20)13(12(15(17)21)8(2)18-7)9-5-3-4-6-10(9)19(22)23/h3-6,13,18H,1-2H3,(H2,16,20)(H2,17,21). The smallest absolute Gasteiger partial charge is 0.273 e. The summed E-state index contributed by atoms with van der Waals surface area (Å²) in [6.45, 7) is 3.23. The van der Waals surface area contributed by atoms with Gasteiger partial charge in [-0.3, -0.25) is 19.7 Å². The number of carbonyl (C=O) groups excluding carboxylic acids is 2. The molecule has 1 aromatic rings. The van der Waals surface area contributed by atoms with Crippen LogP contribution in [0.15, 0.2) is 46.8 Å². The number of dihydropyridines is 1. The van der Waals surface area contributed by atoms with Crippen LogP contribution in [0.2, 0.25) is 0 Å². The number of benzene rings is 1. The summed E-state index contributed by atoms with van der Waals surface area (Å²) < 4.78 is 0. The molecular weight excluding hydrogens is 300 g/mol. The quantitative estimate of drug-likeness (QED) is 0.556. The molecule has 2 rings (SSSR count). The average Bonchev–Trinajstić information content (AvgIpc) is 2.45. The first kappa shape index (κ1) is 16.2. The number of nitro groups is 1. The highest BCUT2D eigenvalue weighted by molar-refractivity contribution is 6.02. The zero-order valence-electron chi connectivity index (χ0n) is 12.6. The molecule has 0 bridgehead atoms. The lowest BCUT2D eigenvalue weighted by atomic mass is 9.79. The minimum Gasteiger partial charge on any atom is -0.366 e. The van der Waals surface area contributed by atoms with Crippen LogP contribution in [-0.4, -0.2) is 16.7 Å². The van der Waals surface area contributed by atoms with E-state index in [2.05, 4.69) is 5.32 Å². The van der Waals surface area contributed by atoms with Gasteiger partial charge in [0.05, 0.1) is 10.8 Å². The van der Waals surface area contributed by atoms with Gasteiger partial charge in [-0.25, -0.2) is 0 Å². The van der Waals surface area contributed by atoms with Crippen LogP contribution in [0.1, 0.15) is 25.3 Å². The first-order valence-corrected chi connectivity index (χ1v) is 6.77. The summed E-state index contributed by atoms with van der Waals surface area (Å²) >= 11 is 0. The topological polar surface area (TPSA) is 141 Å². The molecule has 0 saturated heterocycles. The fourth-order valence-electron chi connectivity index (χ4n) is 2.86. The third-order valence-corrected chi connectivity index (χ3v) is 3.74. The van der Waals surface area contributed by atoms with Crippen LogP contribution < -0.4 is 16.8 Å². The van der Waals surface area contributed by atoms with Gasteiger partial charge in [-0.05, 0) is 13.8 Å². The maximum Gasteiger partial charge on any atom is 0.273 e. The predicted octanol–water partition coefficient (Wildman–Crippen LogP) is 0.800. The zero-order chi connectivity index (χ0) is 17.3. The molecule has 0 fully saturated rings. The van der Waals surface area contributed by atoms with Gasteiger partial charge in [-0.1, -0.05) is 18.2 Å². The molecule has 1 aromatic carbocycles. The molecule has 5 N–H and O–H groups in total. The Kier molecular flexibility index (Phi) is 4.17. The van der Waals surface area contributed by atoms with Gasteiger partial charge >= 0.3 is 0 Å². The summed E-state index contributed by atoms with van der Waals surface area (Å²) in [5.74, 6) is -2.53. The fourth-order valence-corrected chi connectivity index (χ4v) is 2.86. The van der Waals surface area contributed by atoms with Crippen LogP contribution >= 0.6 is 0 Å². The molecule has 0 spiro atoms. The van der Waals surface area contributed by atoms with Crippen LogP contribution in [0.25, 0.3) is 0 Å². The number of hydrogen-bond acceptors (Lipinski definition) is 5. The van der Waals surface area contributed by atoms with Crippen molar-refractivity contribution in [3.05, 3.63) is 62.5 Å². The third kappa shape index (κ3) is 2.78. The van der Waals surface area contributed by atoms with Crippen molar-refractivity contribution in [2.45, 2.75) is 19.8 Å². The van der Waals surface area contributed by atoms with Crippen molar-refractivity contribution in [1.29, 1.82) is 0 Å². The minimum absolute atomic E-state index is 0.0821. The van der Waals surface area contributed by atoms with Crippen molar-refractivity contribution in [2.75, 3.05) is 0 Å². The lowest BCUT2D eigenvalue weighted by molar-refractivity contribution is -0.385. The highest BCUT2D eigenvalue weighted by atomic mass is 16.6. The Labute approximate surface area is 132 Å². The average molecular weight is 316 g/mol. The van der Waals surface area contributed by atoms with E-state index in [0.29, 0.717) is 11.4 Å². The van der Waals surface area contributed by atoms with Crippen molar-refractivity contribution in [3.63, 3.8) is 0 Å². The number of primary amides is 2. The van der Waals surface area contributed by atoms with E-state index in [1.54, 1.807) is 19.9 Å². The van der Waals surface area contributed by atoms with Crippen LogP contribution in [0.3, 0.4) is 0 Å². The van der Waals surface area contributed by atoms with E-state index < -0.39 is 22.7 Å². The molecule has 23 heavy (non-hydrogen) atoms. The van der Waals surface area contributed by atoms with Gasteiger partial charge in [-0.2, -0.15) is 0 Å². The molecule has 0 unspecified atom stereocenters. The van der Waals surface area contributed by atoms with E-state index in [9.17, 15) is 19.7 Å². The number of para-hydroxylation sites is 1. The lowest BCUT2D eigenvalue weighted by Gasteiger charge is -2.29. The van der Waals surface area contributed by atoms with Gasteiger partial charge in [-0.15, -0.1) is 0 Å². The van der Waals surface area contributed by atoms with Gasteiger partial charge in [0, 0.05) is 34.2 Å². The summed E-state index contributed by atoms with van der Waals surface area (Å²) in [4.78, 5) is 34.5. The Morgan fingerprint density at radius 3 is 2.00 bits per heavy atom. The predicted molar refractivity (Wildman–Crippen MR) is 82.8 cm³/mol. The Balaban J connectivity index is 2.81. The second kappa shape index (κ2) is 5.91. The molecule has 0 aliphatic carbocycles. The van der Waals surface area contributed by atoms with Crippen molar-refractivity contribution >= 4 is 17.5 Å². The first-order chi connectivity index (χ1) is 10.8. The van der Waals surface area contributed by atoms with Gasteiger partial charge in [0.1, 0.15) is 0 Å². The van der Waals surface area contributed by atoms with Crippen molar-refractivity contribution in [1.82, 2.24) is 5.32 Å². The summed E-state index contributed by atoms with van der Waals surface area (Å²) in [5, 5.41) is 14.2. The van der Waals surface area contributed by atoms with E-state index in [1.165, 1.54) is 18.2 Å². The Morgan fingerprint density at radius 2 is 1.57 bits per heavy atom. The summed E-state index contributed by atoms with van der Waals surface area (Å²) in [7, 11) is 0. The molecule has 8 heteroatoms. The highest BCUT2D eigenvalue weighted by Gasteiger charge is 2.37. The van der Waals surface area contributed by atoms with E-state index in [1.807, 2.05) is 0 Å². The van der Waals surface area contributed by atoms with E-state index >= 15 is 0 Å².